The van der Waals surface area contributed by atoms with E-state index in [9.17, 15) is 4.39 Å². The zero-order valence-electron chi connectivity index (χ0n) is 7.43. The van der Waals surface area contributed by atoms with E-state index in [1.807, 2.05) is 0 Å². The molecule has 1 atom stereocenters. The predicted molar refractivity (Wildman–Crippen MR) is 55.1 cm³/mol. The van der Waals surface area contributed by atoms with E-state index in [2.05, 4.69) is 11.3 Å². The molecule has 3 N–H and O–H groups in total. The molecular weight excluding hydrogens is 203 g/mol. The molecule has 1 unspecified atom stereocenters. The Labute approximate surface area is 87.2 Å². The summed E-state index contributed by atoms with van der Waals surface area (Å²) < 4.78 is 12.7. The first-order chi connectivity index (χ1) is 6.67. The van der Waals surface area contributed by atoms with Crippen LogP contribution in [0.5, 0.6) is 0 Å². The molecule has 14 heavy (non-hydrogen) atoms. The van der Waals surface area contributed by atoms with Gasteiger partial charge in [-0.15, -0.1) is 6.42 Å². The average molecular weight is 213 g/mol. The van der Waals surface area contributed by atoms with Crippen molar-refractivity contribution < 1.29 is 4.39 Å². The van der Waals surface area contributed by atoms with Crippen molar-refractivity contribution in [3.63, 3.8) is 0 Å². The number of hydrogen-bond acceptors (Lipinski definition) is 2. The van der Waals surface area contributed by atoms with Gasteiger partial charge >= 0.3 is 0 Å². The summed E-state index contributed by atoms with van der Waals surface area (Å²) in [6.45, 7) is 0. The third kappa shape index (κ3) is 2.71. The second-order valence-corrected chi connectivity index (χ2v) is 3.23. The minimum atomic E-state index is -0.364. The highest BCUT2D eigenvalue weighted by Gasteiger charge is 2.07. The van der Waals surface area contributed by atoms with Crippen LogP contribution in [0, 0.1) is 18.2 Å². The van der Waals surface area contributed by atoms with Crippen LogP contribution in [0.25, 0.3) is 0 Å². The molecule has 0 heterocycles. The molecule has 1 aromatic rings. The first-order valence-electron chi connectivity index (χ1n) is 4.03. The average Bonchev–Trinajstić information content (AvgIpc) is 2.17. The molecule has 1 aromatic carbocycles. The molecule has 0 fully saturated rings. The molecule has 0 aromatic heterocycles. The maximum Gasteiger partial charge on any atom is 0.124 e. The fourth-order valence-corrected chi connectivity index (χ4v) is 1.32. The summed E-state index contributed by atoms with van der Waals surface area (Å²) in [5.41, 5.74) is 3.23. The highest BCUT2D eigenvalue weighted by molar-refractivity contribution is 6.31. The van der Waals surface area contributed by atoms with E-state index in [4.69, 9.17) is 23.9 Å². The Hall–Kier alpha value is -1.08. The monoisotopic (exact) mass is 212 g/mol. The number of rotatable bonds is 3. The molecule has 4 heteroatoms. The van der Waals surface area contributed by atoms with Gasteiger partial charge in [0.05, 0.1) is 6.04 Å². The molecule has 0 bridgehead atoms. The molecule has 0 aliphatic carbocycles. The van der Waals surface area contributed by atoms with Gasteiger partial charge in [-0.05, 0) is 17.7 Å². The third-order valence-electron chi connectivity index (χ3n) is 1.84. The van der Waals surface area contributed by atoms with Gasteiger partial charge in [0, 0.05) is 11.4 Å². The van der Waals surface area contributed by atoms with Crippen molar-refractivity contribution in [1.29, 1.82) is 0 Å². The third-order valence-corrected chi connectivity index (χ3v) is 2.19. The molecule has 2 nitrogen and oxygen atoms in total. The van der Waals surface area contributed by atoms with E-state index in [0.29, 0.717) is 11.4 Å². The smallest absolute Gasteiger partial charge is 0.124 e. The molecule has 74 valence electrons. The van der Waals surface area contributed by atoms with E-state index >= 15 is 0 Å². The quantitative estimate of drug-likeness (QED) is 0.453. The molecule has 0 spiro atoms. The zero-order valence-corrected chi connectivity index (χ0v) is 8.18. The van der Waals surface area contributed by atoms with Crippen molar-refractivity contribution in [2.45, 2.75) is 12.5 Å². The van der Waals surface area contributed by atoms with Crippen LogP contribution in [-0.4, -0.2) is 6.04 Å². The minimum absolute atomic E-state index is 0.294. The first kappa shape index (κ1) is 11.0. The first-order valence-corrected chi connectivity index (χ1v) is 4.41. The van der Waals surface area contributed by atoms with Crippen molar-refractivity contribution in [1.82, 2.24) is 5.43 Å². The normalized spacial score (nSPS) is 12.1. The van der Waals surface area contributed by atoms with Crippen LogP contribution in [0.3, 0.4) is 0 Å². The van der Waals surface area contributed by atoms with E-state index in [0.717, 1.165) is 5.56 Å². The number of nitrogens with two attached hydrogens (primary N) is 1. The Bertz CT molecular complexity index is 360. The van der Waals surface area contributed by atoms with Crippen molar-refractivity contribution >= 4 is 11.6 Å². The van der Waals surface area contributed by atoms with Crippen LogP contribution in [0.15, 0.2) is 18.2 Å². The topological polar surface area (TPSA) is 38.0 Å². The summed E-state index contributed by atoms with van der Waals surface area (Å²) in [5, 5.41) is 0.362. The van der Waals surface area contributed by atoms with Crippen LogP contribution in [-0.2, 0) is 6.42 Å². The Morgan fingerprint density at radius 2 is 2.36 bits per heavy atom. The molecule has 0 radical (unpaired) electrons. The fourth-order valence-electron chi connectivity index (χ4n) is 1.07. The van der Waals surface area contributed by atoms with Gasteiger partial charge in [-0.25, -0.2) is 9.82 Å². The summed E-state index contributed by atoms with van der Waals surface area (Å²) in [6, 6.07) is 3.89. The summed E-state index contributed by atoms with van der Waals surface area (Å²) in [6.07, 6.45) is 5.68. The van der Waals surface area contributed by atoms with Crippen LogP contribution < -0.4 is 11.3 Å². The Morgan fingerprint density at radius 3 is 2.86 bits per heavy atom. The molecule has 0 saturated heterocycles. The molecule has 0 amide bonds. The van der Waals surface area contributed by atoms with Gasteiger partial charge < -0.3 is 0 Å². The molecule has 0 aliphatic heterocycles. The number of halogens is 2. The van der Waals surface area contributed by atoms with Crippen molar-refractivity contribution in [3.05, 3.63) is 34.6 Å². The van der Waals surface area contributed by atoms with Crippen LogP contribution in [0.1, 0.15) is 5.56 Å². The van der Waals surface area contributed by atoms with Gasteiger partial charge in [0.2, 0.25) is 0 Å². The summed E-state index contributed by atoms with van der Waals surface area (Å²) >= 11 is 5.81. The highest BCUT2D eigenvalue weighted by Crippen LogP contribution is 2.18. The van der Waals surface area contributed by atoms with Crippen molar-refractivity contribution in [3.8, 4) is 12.3 Å². The van der Waals surface area contributed by atoms with Gasteiger partial charge in [-0.1, -0.05) is 23.6 Å². The highest BCUT2D eigenvalue weighted by atomic mass is 35.5. The minimum Gasteiger partial charge on any atom is -0.270 e. The molecule has 0 aliphatic rings. The lowest BCUT2D eigenvalue weighted by molar-refractivity contribution is 0.619. The second-order valence-electron chi connectivity index (χ2n) is 2.83. The number of benzene rings is 1. The summed E-state index contributed by atoms with van der Waals surface area (Å²) in [7, 11) is 0. The standard InChI is InChI=1S/C10H10ClFN2/c1-2-9(14-13)5-7-3-4-8(12)6-10(7)11/h1,3-4,6,9,14H,5,13H2. The molecule has 1 rings (SSSR count). The lowest BCUT2D eigenvalue weighted by Gasteiger charge is -2.10. The van der Waals surface area contributed by atoms with E-state index in [1.165, 1.54) is 12.1 Å². The van der Waals surface area contributed by atoms with Crippen molar-refractivity contribution in [2.24, 2.45) is 5.84 Å². The SMILES string of the molecule is C#CC(Cc1ccc(F)cc1Cl)NN. The maximum absolute atomic E-state index is 12.7. The zero-order chi connectivity index (χ0) is 10.6. The molecule has 0 saturated carbocycles. The van der Waals surface area contributed by atoms with Gasteiger partial charge in [0.15, 0.2) is 0 Å². The van der Waals surface area contributed by atoms with Crippen LogP contribution in [0.2, 0.25) is 5.02 Å². The van der Waals surface area contributed by atoms with Gasteiger partial charge in [-0.3, -0.25) is 5.84 Å². The summed E-state index contributed by atoms with van der Waals surface area (Å²) in [5.74, 6) is 7.29. The van der Waals surface area contributed by atoms with E-state index in [-0.39, 0.29) is 11.9 Å². The number of hydrogen-bond donors (Lipinski definition) is 2. The van der Waals surface area contributed by atoms with E-state index in [1.54, 1.807) is 6.07 Å². The van der Waals surface area contributed by atoms with E-state index < -0.39 is 0 Å². The lowest BCUT2D eigenvalue weighted by atomic mass is 10.1. The van der Waals surface area contributed by atoms with Gasteiger partial charge in [0.1, 0.15) is 5.82 Å². The van der Waals surface area contributed by atoms with Gasteiger partial charge in [-0.2, -0.15) is 0 Å². The Kier molecular flexibility index (Phi) is 3.90. The second kappa shape index (κ2) is 4.97. The number of terminal acetylenes is 1. The Morgan fingerprint density at radius 1 is 1.64 bits per heavy atom. The largest absolute Gasteiger partial charge is 0.270 e. The molecular formula is C10H10ClFN2. The van der Waals surface area contributed by atoms with Crippen LogP contribution in [0.4, 0.5) is 4.39 Å². The van der Waals surface area contributed by atoms with Crippen molar-refractivity contribution in [2.75, 3.05) is 0 Å². The lowest BCUT2D eigenvalue weighted by Crippen LogP contribution is -2.35. The van der Waals surface area contributed by atoms with Crippen LogP contribution >= 0.6 is 11.6 Å². The number of nitrogens with one attached hydrogen (secondary N) is 1. The summed E-state index contributed by atoms with van der Waals surface area (Å²) in [4.78, 5) is 0. The maximum atomic E-state index is 12.7. The predicted octanol–water partition coefficient (Wildman–Crippen LogP) is 1.49. The Balaban J connectivity index is 2.82. The number of hydrazine groups is 1. The van der Waals surface area contributed by atoms with Gasteiger partial charge in [0.25, 0.3) is 0 Å². The fraction of sp³-hybridized carbons (Fsp3) is 0.200.